The van der Waals surface area contributed by atoms with E-state index in [1.165, 1.54) is 0 Å². The summed E-state index contributed by atoms with van der Waals surface area (Å²) in [5.41, 5.74) is 2.64. The zero-order valence-electron chi connectivity index (χ0n) is 13.1. The van der Waals surface area contributed by atoms with Crippen molar-refractivity contribution >= 4 is 15.7 Å². The van der Waals surface area contributed by atoms with Gasteiger partial charge in [-0.1, -0.05) is 0 Å². The molecule has 0 bridgehead atoms. The van der Waals surface area contributed by atoms with Crippen LogP contribution in [0.5, 0.6) is 0 Å². The van der Waals surface area contributed by atoms with Crippen LogP contribution in [0.3, 0.4) is 0 Å². The molecule has 3 N–H and O–H groups in total. The molecule has 1 aromatic carbocycles. The number of benzene rings is 1. The van der Waals surface area contributed by atoms with Gasteiger partial charge in [-0.05, 0) is 63.8 Å². The molecule has 0 amide bonds. The number of anilines is 1. The number of nitrogens with two attached hydrogens (primary N) is 1. The summed E-state index contributed by atoms with van der Waals surface area (Å²) in [6.07, 6.45) is 1.78. The predicted molar refractivity (Wildman–Crippen MR) is 84.0 cm³/mol. The second kappa shape index (κ2) is 5.59. The third-order valence-corrected chi connectivity index (χ3v) is 4.92. The maximum absolute atomic E-state index is 11.6. The number of rotatable bonds is 3. The third-order valence-electron chi connectivity index (χ3n) is 4.03. The number of sulfonamides is 1. The summed E-state index contributed by atoms with van der Waals surface area (Å²) < 4.78 is 28.9. The van der Waals surface area contributed by atoms with Crippen LogP contribution in [0, 0.1) is 13.8 Å². The largest absolute Gasteiger partial charge is 0.382 e. The monoisotopic (exact) mass is 312 g/mol. The molecule has 118 valence electrons. The molecule has 1 aliphatic heterocycles. The topological polar surface area (TPSA) is 81.4 Å². The molecule has 21 heavy (non-hydrogen) atoms. The minimum atomic E-state index is -3.69. The van der Waals surface area contributed by atoms with Crippen molar-refractivity contribution in [1.29, 1.82) is 0 Å². The van der Waals surface area contributed by atoms with Gasteiger partial charge in [0.25, 0.3) is 0 Å². The van der Waals surface area contributed by atoms with Crippen molar-refractivity contribution in [3.8, 4) is 0 Å². The molecule has 0 radical (unpaired) electrons. The molecule has 0 saturated carbocycles. The highest BCUT2D eigenvalue weighted by Crippen LogP contribution is 2.29. The van der Waals surface area contributed by atoms with Crippen molar-refractivity contribution in [3.05, 3.63) is 23.3 Å². The van der Waals surface area contributed by atoms with Gasteiger partial charge >= 0.3 is 0 Å². The number of nitrogens with one attached hydrogen (secondary N) is 1. The average Bonchev–Trinajstić information content (AvgIpc) is 2.32. The summed E-state index contributed by atoms with van der Waals surface area (Å²) in [6, 6.07) is 3.51. The minimum Gasteiger partial charge on any atom is -0.382 e. The number of primary sulfonamides is 1. The highest BCUT2D eigenvalue weighted by Gasteiger charge is 2.29. The highest BCUT2D eigenvalue weighted by molar-refractivity contribution is 7.89. The summed E-state index contributed by atoms with van der Waals surface area (Å²) in [6.45, 7) is 8.72. The maximum atomic E-state index is 11.6. The zero-order valence-corrected chi connectivity index (χ0v) is 13.9. The smallest absolute Gasteiger partial charge is 0.238 e. The Labute approximate surface area is 126 Å². The maximum Gasteiger partial charge on any atom is 0.238 e. The van der Waals surface area contributed by atoms with E-state index < -0.39 is 10.0 Å². The van der Waals surface area contributed by atoms with E-state index in [4.69, 9.17) is 9.88 Å². The molecule has 2 rings (SSSR count). The molecule has 1 heterocycles. The Hall–Kier alpha value is -1.11. The van der Waals surface area contributed by atoms with Gasteiger partial charge in [-0.15, -0.1) is 0 Å². The van der Waals surface area contributed by atoms with Crippen molar-refractivity contribution in [1.82, 2.24) is 0 Å². The lowest BCUT2D eigenvalue weighted by Crippen LogP contribution is -2.40. The molecule has 1 aromatic rings. The van der Waals surface area contributed by atoms with Crippen LogP contribution in [0.15, 0.2) is 17.0 Å². The van der Waals surface area contributed by atoms with Gasteiger partial charge < -0.3 is 10.1 Å². The van der Waals surface area contributed by atoms with E-state index in [1.807, 2.05) is 13.8 Å². The van der Waals surface area contributed by atoms with E-state index in [-0.39, 0.29) is 16.5 Å². The minimum absolute atomic E-state index is 0.152. The lowest BCUT2D eigenvalue weighted by atomic mass is 9.93. The molecule has 1 fully saturated rings. The SMILES string of the molecule is Cc1cc(S(N)(=O)=O)cc(NC2CCOC(C)(C)C2)c1C. The van der Waals surface area contributed by atoms with Gasteiger partial charge in [0.1, 0.15) is 0 Å². The Morgan fingerprint density at radius 3 is 2.57 bits per heavy atom. The molecular weight excluding hydrogens is 288 g/mol. The fraction of sp³-hybridized carbons (Fsp3) is 0.600. The van der Waals surface area contributed by atoms with Crippen LogP contribution in [0.1, 0.15) is 37.8 Å². The van der Waals surface area contributed by atoms with Gasteiger partial charge in [0.05, 0.1) is 10.5 Å². The van der Waals surface area contributed by atoms with Crippen molar-refractivity contribution in [3.63, 3.8) is 0 Å². The van der Waals surface area contributed by atoms with Gasteiger partial charge in [-0.2, -0.15) is 0 Å². The fourth-order valence-electron chi connectivity index (χ4n) is 2.72. The standard InChI is InChI=1S/C15H24N2O3S/c1-10-7-13(21(16,18)19)8-14(11(10)2)17-12-5-6-20-15(3,4)9-12/h7-8,12,17H,5-6,9H2,1-4H3,(H2,16,18,19). The van der Waals surface area contributed by atoms with Crippen LogP contribution in [0.25, 0.3) is 0 Å². The van der Waals surface area contributed by atoms with Crippen molar-refractivity contribution in [2.24, 2.45) is 5.14 Å². The second-order valence-corrected chi connectivity index (χ2v) is 7.96. The fourth-order valence-corrected chi connectivity index (χ4v) is 3.34. The molecule has 5 nitrogen and oxygen atoms in total. The van der Waals surface area contributed by atoms with Gasteiger partial charge in [0.2, 0.25) is 10.0 Å². The Morgan fingerprint density at radius 2 is 2.00 bits per heavy atom. The first-order valence-corrected chi connectivity index (χ1v) is 8.68. The summed E-state index contributed by atoms with van der Waals surface area (Å²) in [5, 5.41) is 8.70. The van der Waals surface area contributed by atoms with Crippen LogP contribution in [0.4, 0.5) is 5.69 Å². The molecule has 0 spiro atoms. The van der Waals surface area contributed by atoms with Crippen LogP contribution >= 0.6 is 0 Å². The van der Waals surface area contributed by atoms with Crippen LogP contribution in [0.2, 0.25) is 0 Å². The van der Waals surface area contributed by atoms with E-state index in [1.54, 1.807) is 12.1 Å². The normalized spacial score (nSPS) is 22.0. The summed E-state index contributed by atoms with van der Waals surface area (Å²) in [4.78, 5) is 0.152. The van der Waals surface area contributed by atoms with E-state index in [0.717, 1.165) is 29.7 Å². The molecule has 6 heteroatoms. The summed E-state index contributed by atoms with van der Waals surface area (Å²) >= 11 is 0. The van der Waals surface area contributed by atoms with Crippen LogP contribution < -0.4 is 10.5 Å². The summed E-state index contributed by atoms with van der Waals surface area (Å²) in [5.74, 6) is 0. The molecule has 0 aliphatic carbocycles. The highest BCUT2D eigenvalue weighted by atomic mass is 32.2. The first-order valence-electron chi connectivity index (χ1n) is 7.13. The Bertz CT molecular complexity index is 639. The molecule has 1 aliphatic rings. The van der Waals surface area contributed by atoms with Crippen LogP contribution in [-0.4, -0.2) is 26.7 Å². The van der Waals surface area contributed by atoms with Gasteiger partial charge in [-0.25, -0.2) is 13.6 Å². The molecule has 0 aromatic heterocycles. The Morgan fingerprint density at radius 1 is 1.33 bits per heavy atom. The second-order valence-electron chi connectivity index (χ2n) is 6.40. The van der Waals surface area contributed by atoms with E-state index in [9.17, 15) is 8.42 Å². The number of hydrogen-bond acceptors (Lipinski definition) is 4. The van der Waals surface area contributed by atoms with Crippen molar-refractivity contribution in [2.45, 2.75) is 57.1 Å². The third kappa shape index (κ3) is 3.96. The molecule has 1 saturated heterocycles. The molecule has 1 atom stereocenters. The molecular formula is C15H24N2O3S. The summed E-state index contributed by atoms with van der Waals surface area (Å²) in [7, 11) is -3.69. The van der Waals surface area contributed by atoms with Crippen molar-refractivity contribution < 1.29 is 13.2 Å². The lowest BCUT2D eigenvalue weighted by molar-refractivity contribution is -0.0553. The number of ether oxygens (including phenoxy) is 1. The van der Waals surface area contributed by atoms with Gasteiger partial charge in [0.15, 0.2) is 0 Å². The Balaban J connectivity index is 2.29. The molecule has 1 unspecified atom stereocenters. The number of hydrogen-bond donors (Lipinski definition) is 2. The Kier molecular flexibility index (Phi) is 4.33. The van der Waals surface area contributed by atoms with Gasteiger partial charge in [0, 0.05) is 18.3 Å². The zero-order chi connectivity index (χ0) is 15.8. The van der Waals surface area contributed by atoms with E-state index in [2.05, 4.69) is 19.2 Å². The first-order chi connectivity index (χ1) is 9.58. The quantitative estimate of drug-likeness (QED) is 0.897. The van der Waals surface area contributed by atoms with E-state index >= 15 is 0 Å². The predicted octanol–water partition coefficient (Wildman–Crippen LogP) is 2.32. The van der Waals surface area contributed by atoms with Crippen LogP contribution in [-0.2, 0) is 14.8 Å². The van der Waals surface area contributed by atoms with E-state index in [0.29, 0.717) is 6.61 Å². The lowest BCUT2D eigenvalue weighted by Gasteiger charge is -2.36. The first kappa shape index (κ1) is 16.3. The van der Waals surface area contributed by atoms with Gasteiger partial charge in [-0.3, -0.25) is 0 Å². The average molecular weight is 312 g/mol. The van der Waals surface area contributed by atoms with Crippen molar-refractivity contribution in [2.75, 3.05) is 11.9 Å². The number of aryl methyl sites for hydroxylation is 1.